The van der Waals surface area contributed by atoms with Crippen LogP contribution in [0.2, 0.25) is 0 Å². The smallest absolute Gasteiger partial charge is 0.238 e. The number of carbonyl (C=O) groups is 1. The van der Waals surface area contributed by atoms with Crippen molar-refractivity contribution in [2.24, 2.45) is 10.7 Å². The predicted molar refractivity (Wildman–Crippen MR) is 146 cm³/mol. The number of nitrogens with zero attached hydrogens (tertiary/aromatic N) is 3. The van der Waals surface area contributed by atoms with Crippen LogP contribution in [0.4, 0.5) is 17.1 Å². The van der Waals surface area contributed by atoms with Crippen molar-refractivity contribution in [3.63, 3.8) is 0 Å². The van der Waals surface area contributed by atoms with Crippen molar-refractivity contribution in [1.82, 2.24) is 4.90 Å². The van der Waals surface area contributed by atoms with E-state index in [9.17, 15) is 13.2 Å². The maximum Gasteiger partial charge on any atom is 0.238 e. The summed E-state index contributed by atoms with van der Waals surface area (Å²) in [5, 5.41) is 2.95. The summed E-state index contributed by atoms with van der Waals surface area (Å²) in [7, 11) is 0.293. The molecule has 1 aliphatic heterocycles. The Balaban J connectivity index is 1.81. The Morgan fingerprint density at radius 3 is 2.39 bits per heavy atom. The minimum absolute atomic E-state index is 0.155. The number of benzene rings is 3. The van der Waals surface area contributed by atoms with Crippen LogP contribution in [0, 0.1) is 0 Å². The zero-order chi connectivity index (χ0) is 25.9. The molecule has 1 atom stereocenters. The van der Waals surface area contributed by atoms with Crippen LogP contribution in [0.15, 0.2) is 77.8 Å². The Labute approximate surface area is 212 Å². The van der Waals surface area contributed by atoms with E-state index in [4.69, 9.17) is 10.7 Å². The van der Waals surface area contributed by atoms with Crippen molar-refractivity contribution < 1.29 is 13.2 Å². The van der Waals surface area contributed by atoms with Crippen LogP contribution in [0.5, 0.6) is 0 Å². The van der Waals surface area contributed by atoms with Gasteiger partial charge in [-0.3, -0.25) is 14.1 Å². The van der Waals surface area contributed by atoms with Gasteiger partial charge < -0.3 is 16.0 Å². The number of carbonyl (C=O) groups excluding carboxylic acids is 1. The minimum atomic E-state index is -3.50. The fourth-order valence-electron chi connectivity index (χ4n) is 4.22. The molecule has 0 saturated heterocycles. The number of aliphatic imine (C=N–C) groups is 1. The summed E-state index contributed by atoms with van der Waals surface area (Å²) in [6, 6.07) is 22.3. The number of para-hydroxylation sites is 1. The fourth-order valence-corrected chi connectivity index (χ4v) is 5.13. The average Bonchev–Trinajstić information content (AvgIpc) is 3.17. The number of anilines is 2. The van der Waals surface area contributed by atoms with Gasteiger partial charge in [0.05, 0.1) is 23.3 Å². The standard InChI is InChI=1S/C27H31N5O3S/c1-31(2)15-16-32(36(3,34)35)22-8-6-7-21(17-22)29-26(20-13-11-19(18-28)12-14-20)25-23-9-4-5-10-24(23)30-27(25)33/h4-14,17,25H,15-16,18,28H2,1-3H3,(H,30,33). The topological polar surface area (TPSA) is 108 Å². The Morgan fingerprint density at radius 1 is 1.00 bits per heavy atom. The molecule has 3 aromatic rings. The van der Waals surface area contributed by atoms with Gasteiger partial charge in [-0.15, -0.1) is 0 Å². The summed E-state index contributed by atoms with van der Waals surface area (Å²) < 4.78 is 26.5. The van der Waals surface area contributed by atoms with Crippen molar-refractivity contribution in [3.8, 4) is 0 Å². The number of rotatable bonds is 9. The number of amides is 1. The summed E-state index contributed by atoms with van der Waals surface area (Å²) >= 11 is 0. The van der Waals surface area contributed by atoms with Gasteiger partial charge in [-0.2, -0.15) is 0 Å². The van der Waals surface area contributed by atoms with Crippen LogP contribution in [0.1, 0.15) is 22.6 Å². The number of hydrogen-bond donors (Lipinski definition) is 2. The fraction of sp³-hybridized carbons (Fsp3) is 0.259. The molecule has 1 unspecified atom stereocenters. The molecule has 4 rings (SSSR count). The summed E-state index contributed by atoms with van der Waals surface area (Å²) in [4.78, 5) is 20.0. The first-order valence-electron chi connectivity index (χ1n) is 11.7. The first kappa shape index (κ1) is 25.6. The third kappa shape index (κ3) is 5.64. The Kier molecular flexibility index (Phi) is 7.53. The molecule has 1 amide bonds. The van der Waals surface area contributed by atoms with E-state index in [0.717, 1.165) is 22.4 Å². The molecule has 3 N–H and O–H groups in total. The number of likely N-dealkylation sites (N-methyl/N-ethyl adjacent to an activating group) is 1. The lowest BCUT2D eigenvalue weighted by Crippen LogP contribution is -2.35. The number of sulfonamides is 1. The van der Waals surface area contributed by atoms with E-state index in [1.165, 1.54) is 10.6 Å². The highest BCUT2D eigenvalue weighted by Crippen LogP contribution is 2.36. The number of hydrogen-bond acceptors (Lipinski definition) is 6. The van der Waals surface area contributed by atoms with Crippen molar-refractivity contribution in [1.29, 1.82) is 0 Å². The Morgan fingerprint density at radius 2 is 1.72 bits per heavy atom. The predicted octanol–water partition coefficient (Wildman–Crippen LogP) is 3.33. The molecule has 9 heteroatoms. The van der Waals surface area contributed by atoms with Crippen LogP contribution in [0.3, 0.4) is 0 Å². The van der Waals surface area contributed by atoms with Gasteiger partial charge in [0.1, 0.15) is 5.92 Å². The molecule has 8 nitrogen and oxygen atoms in total. The molecule has 0 bridgehead atoms. The lowest BCUT2D eigenvalue weighted by atomic mass is 9.90. The quantitative estimate of drug-likeness (QED) is 0.434. The Hall–Kier alpha value is -3.53. The monoisotopic (exact) mass is 505 g/mol. The summed E-state index contributed by atoms with van der Waals surface area (Å²) in [5.41, 5.74) is 10.8. The van der Waals surface area contributed by atoms with E-state index < -0.39 is 15.9 Å². The van der Waals surface area contributed by atoms with Crippen LogP contribution in [-0.2, 0) is 21.4 Å². The second-order valence-corrected chi connectivity index (χ2v) is 11.0. The van der Waals surface area contributed by atoms with Crippen LogP contribution < -0.4 is 15.4 Å². The van der Waals surface area contributed by atoms with Crippen molar-refractivity contribution in [2.45, 2.75) is 12.5 Å². The summed E-state index contributed by atoms with van der Waals surface area (Å²) in [5.74, 6) is -0.758. The molecule has 0 saturated carbocycles. The second-order valence-electron chi connectivity index (χ2n) is 9.07. The summed E-state index contributed by atoms with van der Waals surface area (Å²) in [6.07, 6.45) is 1.20. The normalized spacial score (nSPS) is 15.6. The molecule has 1 heterocycles. The molecule has 0 spiro atoms. The van der Waals surface area contributed by atoms with Gasteiger partial charge in [0.25, 0.3) is 0 Å². The van der Waals surface area contributed by atoms with Crippen LogP contribution >= 0.6 is 0 Å². The third-order valence-corrected chi connectivity index (χ3v) is 7.26. The lowest BCUT2D eigenvalue weighted by molar-refractivity contribution is -0.115. The number of nitrogens with one attached hydrogen (secondary N) is 1. The molecule has 188 valence electrons. The van der Waals surface area contributed by atoms with E-state index in [1.54, 1.807) is 18.2 Å². The zero-order valence-corrected chi connectivity index (χ0v) is 21.5. The van der Waals surface area contributed by atoms with E-state index in [-0.39, 0.29) is 5.91 Å². The van der Waals surface area contributed by atoms with Crippen LogP contribution in [-0.4, -0.2) is 58.4 Å². The van der Waals surface area contributed by atoms with Crippen molar-refractivity contribution >= 4 is 38.7 Å². The highest BCUT2D eigenvalue weighted by molar-refractivity contribution is 7.92. The first-order valence-corrected chi connectivity index (χ1v) is 13.5. The SMILES string of the molecule is CN(C)CCN(c1cccc(N=C(c2ccc(CN)cc2)C2C(=O)Nc3ccccc32)c1)S(C)(=O)=O. The largest absolute Gasteiger partial charge is 0.326 e. The highest BCUT2D eigenvalue weighted by Gasteiger charge is 2.35. The maximum atomic E-state index is 13.1. The van der Waals surface area contributed by atoms with Gasteiger partial charge in [0, 0.05) is 25.3 Å². The van der Waals surface area contributed by atoms with Crippen LogP contribution in [0.25, 0.3) is 0 Å². The van der Waals surface area contributed by atoms with Gasteiger partial charge in [-0.25, -0.2) is 8.42 Å². The second kappa shape index (κ2) is 10.6. The minimum Gasteiger partial charge on any atom is -0.326 e. The van der Waals surface area contributed by atoms with E-state index in [2.05, 4.69) is 5.32 Å². The van der Waals surface area contributed by atoms with Crippen molar-refractivity contribution in [2.75, 3.05) is 43.1 Å². The molecule has 0 fully saturated rings. The van der Waals surface area contributed by atoms with Gasteiger partial charge in [-0.1, -0.05) is 48.5 Å². The van der Waals surface area contributed by atoms with E-state index in [1.807, 2.05) is 73.6 Å². The number of nitrogens with two attached hydrogens (primary N) is 1. The molecule has 0 radical (unpaired) electrons. The van der Waals surface area contributed by atoms with E-state index in [0.29, 0.717) is 36.7 Å². The average molecular weight is 506 g/mol. The highest BCUT2D eigenvalue weighted by atomic mass is 32.2. The maximum absolute atomic E-state index is 13.1. The number of fused-ring (bicyclic) bond motifs is 1. The van der Waals surface area contributed by atoms with Gasteiger partial charge in [-0.05, 0) is 55.1 Å². The lowest BCUT2D eigenvalue weighted by Gasteiger charge is -2.24. The van der Waals surface area contributed by atoms with E-state index >= 15 is 0 Å². The third-order valence-electron chi connectivity index (χ3n) is 6.07. The molecule has 0 aliphatic carbocycles. The zero-order valence-electron chi connectivity index (χ0n) is 20.7. The molecular weight excluding hydrogens is 474 g/mol. The molecule has 3 aromatic carbocycles. The van der Waals surface area contributed by atoms with Gasteiger partial charge in [0.2, 0.25) is 15.9 Å². The summed E-state index contributed by atoms with van der Waals surface area (Å²) in [6.45, 7) is 1.29. The van der Waals surface area contributed by atoms with Crippen molar-refractivity contribution in [3.05, 3.63) is 89.5 Å². The Bertz CT molecular complexity index is 1380. The molecule has 1 aliphatic rings. The van der Waals surface area contributed by atoms with Gasteiger partial charge in [0.15, 0.2) is 0 Å². The molecular formula is C27H31N5O3S. The first-order chi connectivity index (χ1) is 17.2. The van der Waals surface area contributed by atoms with Gasteiger partial charge >= 0.3 is 0 Å². The molecule has 36 heavy (non-hydrogen) atoms. The molecule has 0 aromatic heterocycles.